The second-order valence-corrected chi connectivity index (χ2v) is 10.4. The number of pyridine rings is 2. The van der Waals surface area contributed by atoms with E-state index in [2.05, 4.69) is 27.2 Å². The number of halogens is 2. The van der Waals surface area contributed by atoms with Gasteiger partial charge in [0.1, 0.15) is 12.1 Å². The molecule has 2 amide bonds. The van der Waals surface area contributed by atoms with Gasteiger partial charge in [0.2, 0.25) is 11.8 Å². The Bertz CT molecular complexity index is 1500. The molecule has 9 nitrogen and oxygen atoms in total. The third-order valence-corrected chi connectivity index (χ3v) is 7.33. The van der Waals surface area contributed by atoms with Crippen molar-refractivity contribution in [2.24, 2.45) is 0 Å². The molecule has 2 aliphatic rings. The number of likely N-dealkylation sites (tertiary alicyclic amines) is 2. The van der Waals surface area contributed by atoms with Crippen molar-refractivity contribution in [3.63, 3.8) is 0 Å². The highest BCUT2D eigenvalue weighted by molar-refractivity contribution is 6.07. The predicted molar refractivity (Wildman–Crippen MR) is 149 cm³/mol. The van der Waals surface area contributed by atoms with E-state index in [4.69, 9.17) is 10.00 Å². The number of ether oxygens (including phenoxy) is 1. The Hall–Kier alpha value is -4.43. The van der Waals surface area contributed by atoms with Crippen molar-refractivity contribution in [1.82, 2.24) is 25.1 Å². The molecule has 2 aromatic heterocycles. The van der Waals surface area contributed by atoms with Crippen molar-refractivity contribution in [1.29, 1.82) is 5.26 Å². The fraction of sp³-hybridized carbons (Fsp3) is 0.367. The number of fused-ring (bicyclic) bond motifs is 1. The van der Waals surface area contributed by atoms with Gasteiger partial charge in [-0.05, 0) is 55.3 Å². The summed E-state index contributed by atoms with van der Waals surface area (Å²) >= 11 is 0. The first-order valence-electron chi connectivity index (χ1n) is 13.4. The lowest BCUT2D eigenvalue weighted by molar-refractivity contribution is -0.131. The number of rotatable bonds is 7. The minimum atomic E-state index is -3.12. The highest BCUT2D eigenvalue weighted by atomic mass is 19.3. The maximum Gasteiger partial charge on any atom is 0.268 e. The summed E-state index contributed by atoms with van der Waals surface area (Å²) in [4.78, 5) is 37.3. The number of nitrogens with zero attached hydrogens (tertiary/aromatic N) is 5. The van der Waals surface area contributed by atoms with Gasteiger partial charge in [-0.3, -0.25) is 14.6 Å². The molecular formula is C30H30F2N6O3. The van der Waals surface area contributed by atoms with Crippen molar-refractivity contribution in [2.45, 2.75) is 37.3 Å². The topological polar surface area (TPSA) is 111 Å². The first kappa shape index (κ1) is 28.1. The first-order valence-corrected chi connectivity index (χ1v) is 13.4. The standard InChI is InChI=1S/C30H30F2N6O3/c1-37-12-9-23(10-13-37)41-27-7-5-21(17-35-27)3-2-20-4-6-26-25(14-20)24(8-11-34-26)29(40)36-18-28(39)38-19-30(31,32)15-22(38)16-33/h2-8,11,14,17,22-23H,9-10,12-13,15,18-19H2,1H3,(H,36,40)/b3-2+/t22-/m0/s1. The van der Waals surface area contributed by atoms with Crippen LogP contribution in [0.5, 0.6) is 5.88 Å². The third-order valence-electron chi connectivity index (χ3n) is 7.33. The Balaban J connectivity index is 1.23. The van der Waals surface area contributed by atoms with Gasteiger partial charge < -0.3 is 19.9 Å². The fourth-order valence-corrected chi connectivity index (χ4v) is 5.04. The second-order valence-electron chi connectivity index (χ2n) is 10.4. The molecule has 5 rings (SSSR count). The van der Waals surface area contributed by atoms with Crippen LogP contribution < -0.4 is 10.1 Å². The molecule has 4 heterocycles. The Labute approximate surface area is 236 Å². The van der Waals surface area contributed by atoms with E-state index < -0.39 is 43.3 Å². The molecule has 0 spiro atoms. The number of carbonyl (C=O) groups is 2. The molecule has 1 aromatic carbocycles. The van der Waals surface area contributed by atoms with E-state index in [1.165, 1.54) is 12.3 Å². The van der Waals surface area contributed by atoms with Gasteiger partial charge in [0.05, 0.1) is 30.2 Å². The Morgan fingerprint density at radius 1 is 1.15 bits per heavy atom. The number of benzene rings is 1. The van der Waals surface area contributed by atoms with E-state index in [1.807, 2.05) is 36.4 Å². The SMILES string of the molecule is CN1CCC(Oc2ccc(/C=C/c3ccc4nccc(C(=O)NCC(=O)N5CC(F)(F)C[C@H]5C#N)c4c3)cn2)CC1. The van der Waals surface area contributed by atoms with Crippen molar-refractivity contribution >= 4 is 34.9 Å². The maximum absolute atomic E-state index is 13.7. The largest absolute Gasteiger partial charge is 0.474 e. The third kappa shape index (κ3) is 6.84. The fourth-order valence-electron chi connectivity index (χ4n) is 5.04. The smallest absolute Gasteiger partial charge is 0.268 e. The lowest BCUT2D eigenvalue weighted by Crippen LogP contribution is -2.43. The number of piperidine rings is 1. The van der Waals surface area contributed by atoms with Crippen molar-refractivity contribution in [3.8, 4) is 11.9 Å². The number of amides is 2. The normalized spacial score (nSPS) is 19.4. The summed E-state index contributed by atoms with van der Waals surface area (Å²) < 4.78 is 33.4. The van der Waals surface area contributed by atoms with Gasteiger partial charge >= 0.3 is 0 Å². The predicted octanol–water partition coefficient (Wildman–Crippen LogP) is 3.76. The van der Waals surface area contributed by atoms with E-state index >= 15 is 0 Å². The zero-order valence-electron chi connectivity index (χ0n) is 22.6. The molecule has 2 aliphatic heterocycles. The molecule has 3 aromatic rings. The van der Waals surface area contributed by atoms with E-state index in [-0.39, 0.29) is 6.10 Å². The van der Waals surface area contributed by atoms with Gasteiger partial charge in [0.25, 0.3) is 11.8 Å². The molecule has 0 radical (unpaired) electrons. The monoisotopic (exact) mass is 560 g/mol. The van der Waals surface area contributed by atoms with Crippen molar-refractivity contribution in [3.05, 3.63) is 65.5 Å². The Morgan fingerprint density at radius 3 is 2.63 bits per heavy atom. The number of hydrogen-bond acceptors (Lipinski definition) is 7. The van der Waals surface area contributed by atoms with Crippen LogP contribution >= 0.6 is 0 Å². The molecule has 212 valence electrons. The van der Waals surface area contributed by atoms with Crippen LogP contribution in [0.2, 0.25) is 0 Å². The van der Waals surface area contributed by atoms with Crippen LogP contribution in [0, 0.1) is 11.3 Å². The van der Waals surface area contributed by atoms with Gasteiger partial charge in [-0.2, -0.15) is 5.26 Å². The van der Waals surface area contributed by atoms with Crippen molar-refractivity contribution < 1.29 is 23.1 Å². The van der Waals surface area contributed by atoms with Crippen LogP contribution in [-0.2, 0) is 4.79 Å². The Morgan fingerprint density at radius 2 is 1.90 bits per heavy atom. The van der Waals surface area contributed by atoms with Gasteiger partial charge in [-0.15, -0.1) is 0 Å². The van der Waals surface area contributed by atoms with Crippen LogP contribution in [0.25, 0.3) is 23.1 Å². The highest BCUT2D eigenvalue weighted by Gasteiger charge is 2.47. The summed E-state index contributed by atoms with van der Waals surface area (Å²) in [6.45, 7) is 0.687. The average molecular weight is 561 g/mol. The number of alkyl halides is 2. The van der Waals surface area contributed by atoms with Gasteiger partial charge in [0.15, 0.2) is 0 Å². The lowest BCUT2D eigenvalue weighted by atomic mass is 10.0. The zero-order valence-corrected chi connectivity index (χ0v) is 22.6. The first-order chi connectivity index (χ1) is 19.7. The summed E-state index contributed by atoms with van der Waals surface area (Å²) in [5.74, 6) is -3.80. The molecule has 0 aliphatic carbocycles. The number of nitrogens with one attached hydrogen (secondary N) is 1. The molecule has 2 fully saturated rings. The van der Waals surface area contributed by atoms with E-state index in [0.29, 0.717) is 22.3 Å². The van der Waals surface area contributed by atoms with Gasteiger partial charge in [-0.1, -0.05) is 18.2 Å². The molecule has 41 heavy (non-hydrogen) atoms. The zero-order chi connectivity index (χ0) is 29.0. The lowest BCUT2D eigenvalue weighted by Gasteiger charge is -2.28. The van der Waals surface area contributed by atoms with Crippen molar-refractivity contribution in [2.75, 3.05) is 33.2 Å². The summed E-state index contributed by atoms with van der Waals surface area (Å²) in [7, 11) is 2.11. The number of hydrogen-bond donors (Lipinski definition) is 1. The molecule has 0 bridgehead atoms. The van der Waals surface area contributed by atoms with Gasteiger partial charge in [0, 0.05) is 43.4 Å². The summed E-state index contributed by atoms with van der Waals surface area (Å²) in [6, 6.07) is 11.3. The minimum absolute atomic E-state index is 0.176. The van der Waals surface area contributed by atoms with Crippen LogP contribution in [0.4, 0.5) is 8.78 Å². The quantitative estimate of drug-likeness (QED) is 0.468. The molecule has 1 atom stereocenters. The molecule has 2 saturated heterocycles. The number of nitriles is 1. The van der Waals surface area contributed by atoms with Crippen LogP contribution in [0.1, 0.15) is 40.7 Å². The summed E-state index contributed by atoms with van der Waals surface area (Å²) in [5.41, 5.74) is 2.57. The summed E-state index contributed by atoms with van der Waals surface area (Å²) in [6.07, 6.45) is 8.45. The number of carbonyl (C=O) groups excluding carboxylic acids is 2. The van der Waals surface area contributed by atoms with E-state index in [0.717, 1.165) is 42.0 Å². The molecule has 0 saturated carbocycles. The molecular weight excluding hydrogens is 530 g/mol. The van der Waals surface area contributed by atoms with Gasteiger partial charge in [-0.25, -0.2) is 13.8 Å². The van der Waals surface area contributed by atoms with E-state index in [1.54, 1.807) is 18.3 Å². The number of aromatic nitrogens is 2. The molecule has 1 N–H and O–H groups in total. The van der Waals surface area contributed by atoms with Crippen LogP contribution in [-0.4, -0.2) is 82.9 Å². The molecule has 11 heteroatoms. The minimum Gasteiger partial charge on any atom is -0.474 e. The average Bonchev–Trinajstić information content (AvgIpc) is 3.30. The van der Waals surface area contributed by atoms with E-state index in [9.17, 15) is 18.4 Å². The second kappa shape index (κ2) is 12.0. The highest BCUT2D eigenvalue weighted by Crippen LogP contribution is 2.31. The Kier molecular flexibility index (Phi) is 8.21. The van der Waals surface area contributed by atoms with Crippen LogP contribution in [0.15, 0.2) is 48.8 Å². The van der Waals surface area contributed by atoms with Crippen LogP contribution in [0.3, 0.4) is 0 Å². The summed E-state index contributed by atoms with van der Waals surface area (Å²) in [5, 5.41) is 12.2. The maximum atomic E-state index is 13.7. The molecule has 0 unspecified atom stereocenters.